The monoisotopic (exact) mass is 423 g/mol. The Bertz CT molecular complexity index is 1250. The third-order valence-electron chi connectivity index (χ3n) is 4.52. The molecule has 4 aromatic rings. The molecule has 0 fully saturated rings. The predicted octanol–water partition coefficient (Wildman–Crippen LogP) is 5.50. The number of anilines is 1. The third-order valence-corrected chi connectivity index (χ3v) is 4.75. The van der Waals surface area contributed by atoms with Gasteiger partial charge in [-0.2, -0.15) is 0 Å². The van der Waals surface area contributed by atoms with Gasteiger partial charge in [0.2, 0.25) is 16.9 Å². The van der Waals surface area contributed by atoms with Gasteiger partial charge in [0.25, 0.3) is 5.91 Å². The molecule has 30 heavy (non-hydrogen) atoms. The highest BCUT2D eigenvalue weighted by Gasteiger charge is 2.26. The fraction of sp³-hybridized carbons (Fsp3) is 0.130. The van der Waals surface area contributed by atoms with Crippen LogP contribution < -0.4 is 15.5 Å². The number of carbonyl (C=O) groups excluding carboxylic acids is 1. The van der Waals surface area contributed by atoms with Crippen molar-refractivity contribution in [1.82, 2.24) is 0 Å². The van der Waals surface area contributed by atoms with Crippen LogP contribution >= 0.6 is 11.6 Å². The van der Waals surface area contributed by atoms with Gasteiger partial charge in [0, 0.05) is 10.7 Å². The molecule has 1 atom stereocenters. The van der Waals surface area contributed by atoms with E-state index in [1.54, 1.807) is 67.6 Å². The fourth-order valence-corrected chi connectivity index (χ4v) is 3.25. The zero-order chi connectivity index (χ0) is 21.1. The van der Waals surface area contributed by atoms with Gasteiger partial charge >= 0.3 is 0 Å². The molecule has 1 amide bonds. The lowest BCUT2D eigenvalue weighted by Crippen LogP contribution is -2.34. The molecule has 152 valence electrons. The molecule has 1 unspecified atom stereocenters. The molecule has 0 radical (unpaired) electrons. The number of fused-ring (bicyclic) bond motifs is 1. The SMILES string of the molecule is CCC(Oc1c(-c2ccco2)oc2ccccc2c1=O)C(=O)Nc1cccc(Cl)c1. The molecule has 0 aliphatic rings. The number of amides is 1. The molecule has 0 spiro atoms. The zero-order valence-electron chi connectivity index (χ0n) is 16.1. The number of furan rings is 1. The lowest BCUT2D eigenvalue weighted by Gasteiger charge is -2.18. The van der Waals surface area contributed by atoms with E-state index in [1.165, 1.54) is 6.26 Å². The van der Waals surface area contributed by atoms with Crippen LogP contribution in [0.1, 0.15) is 13.3 Å². The second kappa shape index (κ2) is 8.47. The smallest absolute Gasteiger partial charge is 0.265 e. The summed E-state index contributed by atoms with van der Waals surface area (Å²) in [5.41, 5.74) is 0.557. The van der Waals surface area contributed by atoms with Crippen LogP contribution in [0.15, 0.2) is 80.6 Å². The number of hydrogen-bond acceptors (Lipinski definition) is 5. The molecular formula is C23H18ClNO5. The van der Waals surface area contributed by atoms with Crippen molar-refractivity contribution in [2.45, 2.75) is 19.4 Å². The summed E-state index contributed by atoms with van der Waals surface area (Å²) in [6, 6.07) is 17.0. The third kappa shape index (κ3) is 3.95. The summed E-state index contributed by atoms with van der Waals surface area (Å²) < 4.78 is 17.2. The maximum absolute atomic E-state index is 13.1. The summed E-state index contributed by atoms with van der Waals surface area (Å²) in [6.07, 6.45) is 0.870. The summed E-state index contributed by atoms with van der Waals surface area (Å²) in [7, 11) is 0. The normalized spacial score (nSPS) is 11.9. The summed E-state index contributed by atoms with van der Waals surface area (Å²) in [5.74, 6) is -0.00914. The van der Waals surface area contributed by atoms with E-state index in [-0.39, 0.29) is 16.9 Å². The van der Waals surface area contributed by atoms with E-state index in [0.717, 1.165) is 0 Å². The van der Waals surface area contributed by atoms with Crippen LogP contribution in [0.5, 0.6) is 5.75 Å². The second-order valence-corrected chi connectivity index (χ2v) is 7.01. The Hall–Kier alpha value is -3.51. The highest BCUT2D eigenvalue weighted by Crippen LogP contribution is 2.32. The van der Waals surface area contributed by atoms with Gasteiger partial charge in [-0.15, -0.1) is 0 Å². The van der Waals surface area contributed by atoms with Gasteiger partial charge in [-0.25, -0.2) is 0 Å². The molecular weight excluding hydrogens is 406 g/mol. The Kier molecular flexibility index (Phi) is 5.59. The van der Waals surface area contributed by atoms with Gasteiger partial charge in [-0.1, -0.05) is 36.7 Å². The minimum atomic E-state index is -0.929. The molecule has 0 saturated carbocycles. The molecule has 1 N–H and O–H groups in total. The van der Waals surface area contributed by atoms with E-state index in [0.29, 0.717) is 33.9 Å². The van der Waals surface area contributed by atoms with Gasteiger partial charge in [0.15, 0.2) is 11.9 Å². The van der Waals surface area contributed by atoms with Gasteiger partial charge in [-0.3, -0.25) is 9.59 Å². The summed E-state index contributed by atoms with van der Waals surface area (Å²) in [5, 5.41) is 3.61. The minimum absolute atomic E-state index is 0.0725. The number of ether oxygens (including phenoxy) is 1. The van der Waals surface area contributed by atoms with E-state index in [2.05, 4.69) is 5.32 Å². The van der Waals surface area contributed by atoms with Crippen molar-refractivity contribution < 1.29 is 18.4 Å². The summed E-state index contributed by atoms with van der Waals surface area (Å²) in [4.78, 5) is 25.9. The maximum Gasteiger partial charge on any atom is 0.265 e. The molecule has 0 aliphatic heterocycles. The van der Waals surface area contributed by atoms with E-state index < -0.39 is 12.0 Å². The van der Waals surface area contributed by atoms with Crippen LogP contribution in [0.25, 0.3) is 22.5 Å². The first-order chi connectivity index (χ1) is 14.6. The van der Waals surface area contributed by atoms with Gasteiger partial charge in [-0.05, 0) is 48.9 Å². The van der Waals surface area contributed by atoms with E-state index in [9.17, 15) is 9.59 Å². The number of carbonyl (C=O) groups is 1. The van der Waals surface area contributed by atoms with Crippen molar-refractivity contribution >= 4 is 34.2 Å². The van der Waals surface area contributed by atoms with Crippen LogP contribution in [0.4, 0.5) is 5.69 Å². The highest BCUT2D eigenvalue weighted by molar-refractivity contribution is 6.30. The minimum Gasteiger partial charge on any atom is -0.473 e. The number of benzene rings is 2. The van der Waals surface area contributed by atoms with Crippen molar-refractivity contribution in [1.29, 1.82) is 0 Å². The molecule has 0 aliphatic carbocycles. The summed E-state index contributed by atoms with van der Waals surface area (Å²) in [6.45, 7) is 1.79. The Morgan fingerprint density at radius 1 is 1.13 bits per heavy atom. The molecule has 6 nitrogen and oxygen atoms in total. The number of hydrogen-bond donors (Lipinski definition) is 1. The molecule has 7 heteroatoms. The molecule has 0 bridgehead atoms. The topological polar surface area (TPSA) is 81.7 Å². The van der Waals surface area contributed by atoms with Crippen molar-refractivity contribution in [2.75, 3.05) is 5.32 Å². The van der Waals surface area contributed by atoms with Crippen molar-refractivity contribution in [3.05, 3.63) is 82.2 Å². The van der Waals surface area contributed by atoms with Crippen LogP contribution in [0, 0.1) is 0 Å². The standard InChI is InChI=1S/C23H18ClNO5/c1-2-17(23(27)25-15-8-5-7-14(24)13-15)29-22-20(26)16-9-3-4-10-18(16)30-21(22)19-11-6-12-28-19/h3-13,17H,2H2,1H3,(H,25,27). The number of halogens is 1. The first kappa shape index (κ1) is 19.8. The van der Waals surface area contributed by atoms with E-state index in [4.69, 9.17) is 25.2 Å². The Balaban J connectivity index is 1.72. The Labute approximate surface area is 177 Å². The largest absolute Gasteiger partial charge is 0.473 e. The van der Waals surface area contributed by atoms with Crippen molar-refractivity contribution in [3.63, 3.8) is 0 Å². The van der Waals surface area contributed by atoms with Crippen LogP contribution in [-0.4, -0.2) is 12.0 Å². The Morgan fingerprint density at radius 3 is 2.70 bits per heavy atom. The average molecular weight is 424 g/mol. The molecule has 2 heterocycles. The van der Waals surface area contributed by atoms with E-state index in [1.807, 2.05) is 0 Å². The highest BCUT2D eigenvalue weighted by atomic mass is 35.5. The lowest BCUT2D eigenvalue weighted by atomic mass is 10.1. The average Bonchev–Trinajstić information content (AvgIpc) is 3.28. The van der Waals surface area contributed by atoms with Crippen molar-refractivity contribution in [3.8, 4) is 17.3 Å². The first-order valence-electron chi connectivity index (χ1n) is 9.39. The molecule has 2 aromatic carbocycles. The van der Waals surface area contributed by atoms with Crippen LogP contribution in [-0.2, 0) is 4.79 Å². The lowest BCUT2D eigenvalue weighted by molar-refractivity contribution is -0.122. The molecule has 4 rings (SSSR count). The van der Waals surface area contributed by atoms with Gasteiger partial charge < -0.3 is 18.9 Å². The number of rotatable bonds is 6. The zero-order valence-corrected chi connectivity index (χ0v) is 16.8. The maximum atomic E-state index is 13.1. The number of nitrogens with one attached hydrogen (secondary N) is 1. The number of para-hydroxylation sites is 1. The van der Waals surface area contributed by atoms with Crippen LogP contribution in [0.3, 0.4) is 0 Å². The quantitative estimate of drug-likeness (QED) is 0.442. The second-order valence-electron chi connectivity index (χ2n) is 6.58. The first-order valence-corrected chi connectivity index (χ1v) is 9.77. The van der Waals surface area contributed by atoms with Gasteiger partial charge in [0.1, 0.15) is 5.58 Å². The summed E-state index contributed by atoms with van der Waals surface area (Å²) >= 11 is 5.98. The predicted molar refractivity (Wildman–Crippen MR) is 115 cm³/mol. The fourth-order valence-electron chi connectivity index (χ4n) is 3.06. The Morgan fingerprint density at radius 2 is 1.97 bits per heavy atom. The van der Waals surface area contributed by atoms with E-state index >= 15 is 0 Å². The molecule has 2 aromatic heterocycles. The van der Waals surface area contributed by atoms with Crippen molar-refractivity contribution in [2.24, 2.45) is 0 Å². The molecule has 0 saturated heterocycles. The van der Waals surface area contributed by atoms with Crippen LogP contribution in [0.2, 0.25) is 5.02 Å². The van der Waals surface area contributed by atoms with Gasteiger partial charge in [0.05, 0.1) is 11.6 Å².